The van der Waals surface area contributed by atoms with E-state index >= 15 is 0 Å². The molecule has 3 heterocycles. The Morgan fingerprint density at radius 1 is 1.10 bits per heavy atom. The zero-order valence-corrected chi connectivity index (χ0v) is 28.2. The third-order valence-corrected chi connectivity index (χ3v) is 8.10. The second-order valence-electron chi connectivity index (χ2n) is 11.6. The molecule has 13 heteroatoms. The first-order valence-electron chi connectivity index (χ1n) is 16.2. The Bertz CT molecular complexity index is 1490. The number of hydrogen-bond donors (Lipinski definition) is 6. The van der Waals surface area contributed by atoms with E-state index in [0.29, 0.717) is 25.3 Å². The van der Waals surface area contributed by atoms with Crippen molar-refractivity contribution in [3.05, 3.63) is 72.4 Å². The molecule has 3 amide bonds. The second-order valence-corrected chi connectivity index (χ2v) is 11.6. The number of aliphatic hydroxyl groups excluding tert-OH is 2. The molecular weight excluding hydrogens is 614 g/mol. The number of hydrogen-bond acceptors (Lipinski definition) is 10. The third-order valence-electron chi connectivity index (χ3n) is 8.10. The van der Waals surface area contributed by atoms with Gasteiger partial charge in [-0.3, -0.25) is 29.7 Å². The summed E-state index contributed by atoms with van der Waals surface area (Å²) >= 11 is 0. The minimum atomic E-state index is -1.19. The molecule has 3 aromatic rings. The minimum absolute atomic E-state index is 0.159. The van der Waals surface area contributed by atoms with Gasteiger partial charge < -0.3 is 35.8 Å². The van der Waals surface area contributed by atoms with Gasteiger partial charge in [0.25, 0.3) is 0 Å². The second kappa shape index (κ2) is 19.4. The van der Waals surface area contributed by atoms with Crippen molar-refractivity contribution in [1.29, 1.82) is 5.41 Å². The molecule has 1 aromatic heterocycles. The van der Waals surface area contributed by atoms with Crippen LogP contribution in [0.2, 0.25) is 0 Å². The summed E-state index contributed by atoms with van der Waals surface area (Å²) in [6.07, 6.45) is 1.51. The summed E-state index contributed by atoms with van der Waals surface area (Å²) in [6.45, 7) is 6.27. The van der Waals surface area contributed by atoms with Crippen LogP contribution in [0.15, 0.2) is 66.9 Å². The Balaban J connectivity index is 0.000000705. The molecule has 0 aliphatic carbocycles. The van der Waals surface area contributed by atoms with Crippen LogP contribution >= 0.6 is 0 Å². The summed E-state index contributed by atoms with van der Waals surface area (Å²) in [5.74, 6) is -0.701. The number of amides is 3. The van der Waals surface area contributed by atoms with Gasteiger partial charge in [-0.15, -0.1) is 0 Å². The Labute approximate surface area is 282 Å². The number of aromatic nitrogens is 1. The first-order valence-corrected chi connectivity index (χ1v) is 16.2. The molecule has 13 nitrogen and oxygen atoms in total. The number of anilines is 1. The number of pyridine rings is 1. The monoisotopic (exact) mass is 663 g/mol. The number of aliphatic hydroxyl groups is 2. The Kier molecular flexibility index (Phi) is 15.4. The maximum Gasteiger partial charge on any atom is 0.249 e. The Hall–Kier alpha value is -4.43. The molecule has 2 saturated heterocycles. The largest absolute Gasteiger partial charge is 0.482 e. The average molecular weight is 664 g/mol. The number of aryl methyl sites for hydroxylation is 1. The van der Waals surface area contributed by atoms with Gasteiger partial charge in [-0.05, 0) is 50.9 Å². The number of rotatable bonds is 9. The van der Waals surface area contributed by atoms with Gasteiger partial charge in [0.1, 0.15) is 18.2 Å². The van der Waals surface area contributed by atoms with Crippen molar-refractivity contribution in [2.45, 2.75) is 57.3 Å². The third kappa shape index (κ3) is 11.1. The zero-order chi connectivity index (χ0) is 35.1. The van der Waals surface area contributed by atoms with Crippen molar-refractivity contribution in [3.63, 3.8) is 0 Å². The molecule has 260 valence electrons. The van der Waals surface area contributed by atoms with E-state index < -0.39 is 30.1 Å². The van der Waals surface area contributed by atoms with Crippen LogP contribution in [0.5, 0.6) is 0 Å². The highest BCUT2D eigenvalue weighted by Gasteiger charge is 2.43. The number of nitrogens with one attached hydrogen (secondary N) is 4. The van der Waals surface area contributed by atoms with Gasteiger partial charge in [0.15, 0.2) is 5.90 Å². The quantitative estimate of drug-likeness (QED) is 0.147. The number of likely N-dealkylation sites (N-methyl/N-ethyl adjacent to an activating group) is 1. The molecule has 1 unspecified atom stereocenters. The molecular formula is C35H49N7O6. The number of fused-ring (bicyclic) bond motifs is 1. The van der Waals surface area contributed by atoms with Crippen LogP contribution in [0.4, 0.5) is 5.69 Å². The summed E-state index contributed by atoms with van der Waals surface area (Å²) in [6, 6.07) is 17.5. The number of para-hydroxylation sites is 1. The van der Waals surface area contributed by atoms with Crippen LogP contribution in [0, 0.1) is 5.41 Å². The SMILES string of the molecule is CCOC(C)=N.CN1CCNCC1C(=O)N1C[C@H](NC(=O)[C@H](O)CCc2ccccc2)C[C@H]1C(=O)Nc1cnc2ccccc2c1.CO. The smallest absolute Gasteiger partial charge is 0.249 e. The fourth-order valence-corrected chi connectivity index (χ4v) is 5.66. The summed E-state index contributed by atoms with van der Waals surface area (Å²) in [4.78, 5) is 48.0. The van der Waals surface area contributed by atoms with Crippen LogP contribution in [-0.4, -0.2) is 120 Å². The van der Waals surface area contributed by atoms with E-state index in [1.165, 1.54) is 0 Å². The van der Waals surface area contributed by atoms with Crippen molar-refractivity contribution in [1.82, 2.24) is 25.4 Å². The van der Waals surface area contributed by atoms with Gasteiger partial charge in [0.2, 0.25) is 17.7 Å². The molecule has 2 fully saturated rings. The number of benzene rings is 2. The topological polar surface area (TPSA) is 180 Å². The van der Waals surface area contributed by atoms with E-state index in [1.807, 2.05) is 79.5 Å². The number of piperazine rings is 1. The lowest BCUT2D eigenvalue weighted by Gasteiger charge is -2.36. The van der Waals surface area contributed by atoms with E-state index in [-0.39, 0.29) is 37.1 Å². The van der Waals surface area contributed by atoms with Crippen molar-refractivity contribution in [2.75, 3.05) is 52.3 Å². The summed E-state index contributed by atoms with van der Waals surface area (Å²) in [5.41, 5.74) is 2.40. The van der Waals surface area contributed by atoms with E-state index in [4.69, 9.17) is 10.5 Å². The number of carbonyl (C=O) groups is 3. The molecule has 6 N–H and O–H groups in total. The number of carbonyl (C=O) groups excluding carboxylic acids is 3. The van der Waals surface area contributed by atoms with E-state index in [0.717, 1.165) is 36.7 Å². The predicted molar refractivity (Wildman–Crippen MR) is 186 cm³/mol. The van der Waals surface area contributed by atoms with Crippen LogP contribution in [0.3, 0.4) is 0 Å². The van der Waals surface area contributed by atoms with Crippen LogP contribution in [-0.2, 0) is 25.5 Å². The van der Waals surface area contributed by atoms with Crippen molar-refractivity contribution in [2.24, 2.45) is 0 Å². The van der Waals surface area contributed by atoms with Gasteiger partial charge in [-0.25, -0.2) is 0 Å². The molecule has 0 saturated carbocycles. The van der Waals surface area contributed by atoms with E-state index in [9.17, 15) is 19.5 Å². The molecule has 0 bridgehead atoms. The van der Waals surface area contributed by atoms with Gasteiger partial charge in [0.05, 0.1) is 24.0 Å². The summed E-state index contributed by atoms with van der Waals surface area (Å²) in [7, 11) is 2.90. The fourth-order valence-electron chi connectivity index (χ4n) is 5.66. The van der Waals surface area contributed by atoms with Crippen molar-refractivity contribution < 1.29 is 29.3 Å². The van der Waals surface area contributed by atoms with Gasteiger partial charge in [0, 0.05) is 51.6 Å². The first-order chi connectivity index (χ1) is 23.2. The normalized spacial score (nSPS) is 19.5. The number of nitrogens with zero attached hydrogens (tertiary/aromatic N) is 3. The zero-order valence-electron chi connectivity index (χ0n) is 28.2. The van der Waals surface area contributed by atoms with Gasteiger partial charge in [-0.1, -0.05) is 48.5 Å². The van der Waals surface area contributed by atoms with Crippen LogP contribution < -0.4 is 16.0 Å². The summed E-state index contributed by atoms with van der Waals surface area (Å²) < 4.78 is 4.62. The molecule has 5 rings (SSSR count). The Morgan fingerprint density at radius 3 is 2.48 bits per heavy atom. The molecule has 2 aliphatic heterocycles. The van der Waals surface area contributed by atoms with Crippen molar-refractivity contribution in [3.8, 4) is 0 Å². The highest BCUT2D eigenvalue weighted by atomic mass is 16.5. The number of likely N-dealkylation sites (tertiary alicyclic amines) is 1. The van der Waals surface area contributed by atoms with Crippen LogP contribution in [0.25, 0.3) is 10.9 Å². The lowest BCUT2D eigenvalue weighted by Crippen LogP contribution is -2.59. The molecule has 4 atom stereocenters. The maximum absolute atomic E-state index is 13.7. The summed E-state index contributed by atoms with van der Waals surface area (Å²) in [5, 5.41) is 34.1. The Morgan fingerprint density at radius 2 is 1.81 bits per heavy atom. The van der Waals surface area contributed by atoms with Gasteiger partial charge in [-0.2, -0.15) is 0 Å². The fraction of sp³-hybridized carbons (Fsp3) is 0.457. The highest BCUT2D eigenvalue weighted by molar-refractivity contribution is 5.99. The molecule has 0 spiro atoms. The molecule has 2 aromatic carbocycles. The molecule has 2 aliphatic rings. The lowest BCUT2D eigenvalue weighted by molar-refractivity contribution is -0.141. The standard InChI is InChI=1S/C30H36N6O4.C4H9NO.CH4O/c1-35-14-13-31-18-26(35)30(40)36-19-23(34-29(39)27(37)12-11-20-7-3-2-4-8-20)16-25(36)28(38)33-22-15-21-9-5-6-10-24(21)32-17-22;1-3-6-4(2)5;1-2/h2-10,15,17,23,25-27,31,37H,11-14,16,18-19H2,1H3,(H,33,38)(H,34,39);5H,3H2,1-2H3;2H,1H3/t23-,25+,26?,27-;;/m1../s1. The van der Waals surface area contributed by atoms with Gasteiger partial charge >= 0.3 is 0 Å². The lowest BCUT2D eigenvalue weighted by atomic mass is 10.1. The van der Waals surface area contributed by atoms with E-state index in [2.05, 4.69) is 25.7 Å². The highest BCUT2D eigenvalue weighted by Crippen LogP contribution is 2.24. The molecule has 0 radical (unpaired) electrons. The van der Waals surface area contributed by atoms with Crippen LogP contribution in [0.1, 0.15) is 32.3 Å². The van der Waals surface area contributed by atoms with Crippen molar-refractivity contribution >= 4 is 40.2 Å². The maximum atomic E-state index is 13.7. The first kappa shape index (κ1) is 38.0. The minimum Gasteiger partial charge on any atom is -0.482 e. The predicted octanol–water partition coefficient (Wildman–Crippen LogP) is 1.78. The molecule has 48 heavy (non-hydrogen) atoms. The number of ether oxygens (including phenoxy) is 1. The average Bonchev–Trinajstić information content (AvgIpc) is 3.52. The van der Waals surface area contributed by atoms with E-state index in [1.54, 1.807) is 18.0 Å².